The number of amides is 4. The van der Waals surface area contributed by atoms with Crippen LogP contribution in [0.4, 0.5) is 18.0 Å². The third kappa shape index (κ3) is 8.97. The minimum absolute atomic E-state index is 0.00533. The first kappa shape index (κ1) is 42.5. The van der Waals surface area contributed by atoms with Crippen molar-refractivity contribution in [2.24, 2.45) is 5.92 Å². The molecule has 14 nitrogen and oxygen atoms in total. The van der Waals surface area contributed by atoms with Crippen molar-refractivity contribution in [1.29, 1.82) is 0 Å². The average Bonchev–Trinajstić information content (AvgIpc) is 4.03. The minimum atomic E-state index is -4.53. The summed E-state index contributed by atoms with van der Waals surface area (Å²) in [5.41, 5.74) is -1.89. The third-order valence-corrected chi connectivity index (χ3v) is 14.2. The van der Waals surface area contributed by atoms with Crippen molar-refractivity contribution >= 4 is 44.7 Å². The summed E-state index contributed by atoms with van der Waals surface area (Å²) in [5.74, 6) is -2.20. The Kier molecular flexibility index (Phi) is 10.9. The maximum atomic E-state index is 14.7. The second-order valence-electron chi connectivity index (χ2n) is 18.0. The van der Waals surface area contributed by atoms with E-state index in [2.05, 4.69) is 20.3 Å². The number of fused-ring (bicyclic) bond motifs is 5. The Hall–Kier alpha value is -4.61. The molecule has 3 fully saturated rings. The summed E-state index contributed by atoms with van der Waals surface area (Å²) < 4.78 is 83.8. The minimum Gasteiger partial charge on any atom is -0.484 e. The van der Waals surface area contributed by atoms with E-state index < -0.39 is 86.1 Å². The van der Waals surface area contributed by atoms with Gasteiger partial charge in [-0.25, -0.2) is 18.2 Å². The molecule has 59 heavy (non-hydrogen) atoms. The Bertz CT molecular complexity index is 2190. The molecule has 2 aliphatic carbocycles. The number of sulfonamides is 1. The van der Waals surface area contributed by atoms with Crippen LogP contribution < -0.4 is 24.8 Å². The molecule has 0 radical (unpaired) electrons. The number of allylic oxidation sites excluding steroid dienone is 1. The molecule has 7 rings (SSSR count). The molecule has 1 saturated heterocycles. The topological polar surface area (TPSA) is 182 Å². The van der Waals surface area contributed by atoms with Gasteiger partial charge in [-0.05, 0) is 104 Å². The molecule has 18 heteroatoms. The number of rotatable bonds is 6. The van der Waals surface area contributed by atoms with Gasteiger partial charge in [-0.2, -0.15) is 13.2 Å². The number of hydrogen-bond donors (Lipinski definition) is 3. The van der Waals surface area contributed by atoms with Crippen molar-refractivity contribution in [1.82, 2.24) is 25.2 Å². The zero-order chi connectivity index (χ0) is 42.8. The Labute approximate surface area is 341 Å². The molecule has 4 heterocycles. The molecule has 2 aromatic rings. The predicted molar refractivity (Wildman–Crippen MR) is 209 cm³/mol. The highest BCUT2D eigenvalue weighted by Gasteiger charge is 2.64. The van der Waals surface area contributed by atoms with Gasteiger partial charge < -0.3 is 29.7 Å². The van der Waals surface area contributed by atoms with Crippen LogP contribution in [0.5, 0.6) is 11.5 Å². The summed E-state index contributed by atoms with van der Waals surface area (Å²) >= 11 is 0. The van der Waals surface area contributed by atoms with Crippen molar-refractivity contribution in [2.75, 3.05) is 13.2 Å². The van der Waals surface area contributed by atoms with E-state index in [0.717, 1.165) is 6.42 Å². The molecule has 3 N–H and O–H groups in total. The first-order valence-electron chi connectivity index (χ1n) is 20.2. The van der Waals surface area contributed by atoms with E-state index >= 15 is 0 Å². The van der Waals surface area contributed by atoms with Crippen molar-refractivity contribution in [2.45, 2.75) is 145 Å². The number of aryl methyl sites for hydroxylation is 2. The van der Waals surface area contributed by atoms with Crippen LogP contribution in [0, 0.1) is 12.8 Å². The van der Waals surface area contributed by atoms with Gasteiger partial charge in [0.2, 0.25) is 21.8 Å². The number of carbonyl (C=O) groups is 4. The molecule has 1 spiro atoms. The van der Waals surface area contributed by atoms with Gasteiger partial charge in [-0.3, -0.25) is 19.1 Å². The second kappa shape index (κ2) is 15.1. The predicted octanol–water partition coefficient (Wildman–Crippen LogP) is 5.44. The molecule has 0 bridgehead atoms. The number of pyridine rings is 1. The molecule has 0 unspecified atom stereocenters. The van der Waals surface area contributed by atoms with Crippen molar-refractivity contribution in [3.8, 4) is 11.5 Å². The summed E-state index contributed by atoms with van der Waals surface area (Å²) in [7, 11) is -4.05. The van der Waals surface area contributed by atoms with E-state index in [1.54, 1.807) is 40.7 Å². The normalized spacial score (nSPS) is 28.7. The van der Waals surface area contributed by atoms with Gasteiger partial charge in [0.05, 0.1) is 22.5 Å². The van der Waals surface area contributed by atoms with Gasteiger partial charge in [0, 0.05) is 23.3 Å². The standard InChI is InChI=1S/C41H52F3N5O9S/c1-24-32-27(28-19-26(13-14-29(28)45-24)56-23-41(42,43)44)15-16-39(57-32)21-31-33(50)47-40(35(52)48-59(54,55)38(5)17-18-38)20-25(40)11-9-7-6-8-10-12-30(34(51)49(31)22-39)46-36(53)58-37(2,3)4/h9,11,13-14,19,25,30-31H,6-8,10,12,15-18,20-23H2,1-5H3,(H,46,53)(H,47,50)(H,48,52)/b11-9-/t25-,30-,31-,39+,40+/m0/s1. The quantitative estimate of drug-likeness (QED) is 0.317. The molecule has 3 aliphatic heterocycles. The number of benzene rings is 1. The van der Waals surface area contributed by atoms with Gasteiger partial charge >= 0.3 is 12.3 Å². The maximum Gasteiger partial charge on any atom is 0.422 e. The number of ether oxygens (including phenoxy) is 3. The van der Waals surface area contributed by atoms with Crippen LogP contribution >= 0.6 is 0 Å². The van der Waals surface area contributed by atoms with Gasteiger partial charge in [0.25, 0.3) is 5.91 Å². The second-order valence-corrected chi connectivity index (χ2v) is 20.2. The smallest absolute Gasteiger partial charge is 0.422 e. The van der Waals surface area contributed by atoms with E-state index in [-0.39, 0.29) is 38.0 Å². The highest BCUT2D eigenvalue weighted by Crippen LogP contribution is 2.49. The van der Waals surface area contributed by atoms with Crippen LogP contribution in [0.2, 0.25) is 0 Å². The summed E-state index contributed by atoms with van der Waals surface area (Å²) in [4.78, 5) is 62.5. The van der Waals surface area contributed by atoms with Crippen molar-refractivity contribution in [3.05, 3.63) is 41.6 Å². The van der Waals surface area contributed by atoms with Gasteiger partial charge in [0.1, 0.15) is 40.3 Å². The Morgan fingerprint density at radius 2 is 1.83 bits per heavy atom. The zero-order valence-corrected chi connectivity index (χ0v) is 34.7. The summed E-state index contributed by atoms with van der Waals surface area (Å²) in [5, 5.41) is 6.15. The lowest BCUT2D eigenvalue weighted by molar-refractivity contribution is -0.153. The van der Waals surface area contributed by atoms with Crippen LogP contribution in [0.1, 0.15) is 103 Å². The molecule has 1 aromatic heterocycles. The fourth-order valence-electron chi connectivity index (χ4n) is 8.38. The van der Waals surface area contributed by atoms with Crippen molar-refractivity contribution in [3.63, 3.8) is 0 Å². The Morgan fingerprint density at radius 1 is 1.08 bits per heavy atom. The Morgan fingerprint density at radius 3 is 2.53 bits per heavy atom. The number of aromatic nitrogens is 1. The number of hydrogen-bond acceptors (Lipinski definition) is 10. The van der Waals surface area contributed by atoms with E-state index in [9.17, 15) is 40.8 Å². The summed E-state index contributed by atoms with van der Waals surface area (Å²) in [6.45, 7) is 6.84. The van der Waals surface area contributed by atoms with Crippen LogP contribution in [-0.4, -0.2) is 95.0 Å². The monoisotopic (exact) mass is 847 g/mol. The Balaban J connectivity index is 1.23. The molecule has 322 valence electrons. The molecular formula is C41H52F3N5O9S. The molecule has 2 saturated carbocycles. The van der Waals surface area contributed by atoms with E-state index in [0.29, 0.717) is 66.4 Å². The van der Waals surface area contributed by atoms with Crippen LogP contribution in [0.25, 0.3) is 10.9 Å². The number of carbonyl (C=O) groups excluding carboxylic acids is 4. The van der Waals surface area contributed by atoms with E-state index in [4.69, 9.17) is 14.2 Å². The summed E-state index contributed by atoms with van der Waals surface area (Å²) in [6, 6.07) is 2.20. The maximum absolute atomic E-state index is 14.7. The lowest BCUT2D eigenvalue weighted by Gasteiger charge is -2.37. The SMILES string of the molecule is Cc1nc2ccc(OCC(F)(F)F)cc2c2c1O[C@]1(CC2)C[C@H]2C(=O)N[C@]3(C(=O)NS(=O)(=O)C4(C)CC4)C[C@@H]3/C=C\CCCCC[C@H](NC(=O)OC(C)(C)C)C(=O)N2C1. The number of alkyl halides is 3. The number of nitrogens with zero attached hydrogens (tertiary/aromatic N) is 2. The van der Waals surface area contributed by atoms with Gasteiger partial charge in [-0.1, -0.05) is 25.0 Å². The highest BCUT2D eigenvalue weighted by molar-refractivity contribution is 7.91. The molecule has 5 aliphatic rings. The van der Waals surface area contributed by atoms with Gasteiger partial charge in [0.15, 0.2) is 6.61 Å². The molecular weight excluding hydrogens is 796 g/mol. The summed E-state index contributed by atoms with van der Waals surface area (Å²) in [6.07, 6.45) is 2.91. The van der Waals surface area contributed by atoms with E-state index in [1.165, 1.54) is 17.0 Å². The fraction of sp³-hybridized carbons (Fsp3) is 0.634. The first-order chi connectivity index (χ1) is 27.5. The fourth-order valence-corrected chi connectivity index (χ4v) is 9.69. The molecule has 1 aromatic carbocycles. The molecule has 5 atom stereocenters. The van der Waals surface area contributed by atoms with Crippen LogP contribution in [0.15, 0.2) is 30.4 Å². The lowest BCUT2D eigenvalue weighted by Crippen LogP contribution is -2.58. The number of halogens is 3. The highest BCUT2D eigenvalue weighted by atomic mass is 32.2. The van der Waals surface area contributed by atoms with Crippen molar-refractivity contribution < 1.29 is 55.0 Å². The lowest BCUT2D eigenvalue weighted by atomic mass is 9.87. The van der Waals surface area contributed by atoms with Crippen LogP contribution in [0.3, 0.4) is 0 Å². The average molecular weight is 848 g/mol. The van der Waals surface area contributed by atoms with E-state index in [1.807, 2.05) is 12.2 Å². The van der Waals surface area contributed by atoms with Crippen LogP contribution in [-0.2, 0) is 35.6 Å². The number of nitrogens with one attached hydrogen (secondary N) is 3. The van der Waals surface area contributed by atoms with Gasteiger partial charge in [-0.15, -0.1) is 0 Å². The third-order valence-electron chi connectivity index (χ3n) is 12.0. The largest absolute Gasteiger partial charge is 0.484 e. The molecule has 4 amide bonds. The first-order valence-corrected chi connectivity index (χ1v) is 21.7. The number of alkyl carbamates (subject to hydrolysis) is 1. The zero-order valence-electron chi connectivity index (χ0n) is 33.9.